The summed E-state index contributed by atoms with van der Waals surface area (Å²) in [6.07, 6.45) is 3.25. The molecule has 0 spiro atoms. The summed E-state index contributed by atoms with van der Waals surface area (Å²) in [6.45, 7) is 1.65. The highest BCUT2D eigenvalue weighted by Crippen LogP contribution is 2.23. The number of benzene rings is 1. The number of H-pyrrole nitrogens is 1. The van der Waals surface area contributed by atoms with Gasteiger partial charge in [-0.05, 0) is 57.6 Å². The van der Waals surface area contributed by atoms with Gasteiger partial charge in [0.15, 0.2) is 0 Å². The van der Waals surface area contributed by atoms with Gasteiger partial charge in [-0.3, -0.25) is 4.79 Å². The fourth-order valence-corrected chi connectivity index (χ4v) is 3.32. The molecule has 1 aromatic heterocycles. The van der Waals surface area contributed by atoms with Crippen molar-refractivity contribution >= 4 is 16.8 Å². The maximum atomic E-state index is 12.8. The molecule has 124 valence electrons. The number of rotatable bonds is 3. The molecule has 3 rings (SSSR count). The average molecular weight is 315 g/mol. The van der Waals surface area contributed by atoms with Crippen molar-refractivity contribution in [3.8, 4) is 5.75 Å². The number of aromatic amines is 1. The number of aromatic nitrogens is 1. The maximum absolute atomic E-state index is 12.8. The molecule has 0 unspecified atom stereocenters. The van der Waals surface area contributed by atoms with Gasteiger partial charge in [-0.2, -0.15) is 0 Å². The predicted molar refractivity (Wildman–Crippen MR) is 92.1 cm³/mol. The molecule has 23 heavy (non-hydrogen) atoms. The second-order valence-electron chi connectivity index (χ2n) is 6.48. The second-order valence-corrected chi connectivity index (χ2v) is 6.48. The van der Waals surface area contributed by atoms with Crippen LogP contribution in [0.15, 0.2) is 24.3 Å². The van der Waals surface area contributed by atoms with Gasteiger partial charge in [0.25, 0.3) is 5.91 Å². The number of hydrogen-bond acceptors (Lipinski definition) is 3. The predicted octanol–water partition coefficient (Wildman–Crippen LogP) is 2.73. The third-order valence-corrected chi connectivity index (χ3v) is 4.77. The fraction of sp³-hybridized carbons (Fsp3) is 0.500. The molecule has 0 bridgehead atoms. The Balaban J connectivity index is 1.77. The molecular formula is C18H25N3O2. The first-order valence-electron chi connectivity index (χ1n) is 8.21. The smallest absolute Gasteiger partial charge is 0.270 e. The zero-order chi connectivity index (χ0) is 16.4. The van der Waals surface area contributed by atoms with E-state index in [9.17, 15) is 4.79 Å². The van der Waals surface area contributed by atoms with Crippen LogP contribution in [0.2, 0.25) is 0 Å². The summed E-state index contributed by atoms with van der Waals surface area (Å²) in [5.74, 6) is 0.902. The first-order valence-corrected chi connectivity index (χ1v) is 8.21. The zero-order valence-corrected chi connectivity index (χ0v) is 14.1. The van der Waals surface area contributed by atoms with Crippen LogP contribution in [0.5, 0.6) is 5.75 Å². The van der Waals surface area contributed by atoms with Crippen LogP contribution in [0.1, 0.15) is 29.8 Å². The van der Waals surface area contributed by atoms with E-state index >= 15 is 0 Å². The molecule has 1 aliphatic rings. The van der Waals surface area contributed by atoms with E-state index in [1.807, 2.05) is 29.2 Å². The molecule has 1 aliphatic heterocycles. The maximum Gasteiger partial charge on any atom is 0.270 e. The van der Waals surface area contributed by atoms with Crippen LogP contribution in [0.3, 0.4) is 0 Å². The minimum Gasteiger partial charge on any atom is -0.497 e. The van der Waals surface area contributed by atoms with Crippen LogP contribution in [-0.2, 0) is 0 Å². The largest absolute Gasteiger partial charge is 0.497 e. The van der Waals surface area contributed by atoms with Gasteiger partial charge < -0.3 is 19.5 Å². The number of fused-ring (bicyclic) bond motifs is 1. The summed E-state index contributed by atoms with van der Waals surface area (Å²) in [4.78, 5) is 20.3. The van der Waals surface area contributed by atoms with Gasteiger partial charge in [-0.1, -0.05) is 0 Å². The first-order chi connectivity index (χ1) is 11.1. The van der Waals surface area contributed by atoms with Crippen molar-refractivity contribution in [3.63, 3.8) is 0 Å². The molecule has 1 atom stereocenters. The van der Waals surface area contributed by atoms with Crippen LogP contribution in [0.4, 0.5) is 0 Å². The van der Waals surface area contributed by atoms with Gasteiger partial charge >= 0.3 is 0 Å². The number of ether oxygens (including phenoxy) is 1. The third kappa shape index (κ3) is 3.34. The normalized spacial score (nSPS) is 19.1. The summed E-state index contributed by atoms with van der Waals surface area (Å²) in [5, 5.41) is 1.01. The molecule has 5 nitrogen and oxygen atoms in total. The Morgan fingerprint density at radius 1 is 1.26 bits per heavy atom. The number of carbonyl (C=O) groups is 1. The molecule has 2 heterocycles. The van der Waals surface area contributed by atoms with Crippen LogP contribution < -0.4 is 4.74 Å². The highest BCUT2D eigenvalue weighted by molar-refractivity contribution is 5.98. The Bertz CT molecular complexity index is 693. The molecule has 0 saturated carbocycles. The van der Waals surface area contributed by atoms with E-state index in [2.05, 4.69) is 24.0 Å². The van der Waals surface area contributed by atoms with E-state index in [0.717, 1.165) is 49.0 Å². The lowest BCUT2D eigenvalue weighted by molar-refractivity contribution is 0.0753. The topological polar surface area (TPSA) is 48.6 Å². The van der Waals surface area contributed by atoms with Crippen molar-refractivity contribution in [3.05, 3.63) is 30.0 Å². The Hall–Kier alpha value is -2.01. The van der Waals surface area contributed by atoms with E-state index < -0.39 is 0 Å². The zero-order valence-electron chi connectivity index (χ0n) is 14.1. The number of methoxy groups -OCH3 is 1. The van der Waals surface area contributed by atoms with Gasteiger partial charge in [-0.25, -0.2) is 0 Å². The van der Waals surface area contributed by atoms with Crippen molar-refractivity contribution < 1.29 is 9.53 Å². The Kier molecular flexibility index (Phi) is 4.57. The average Bonchev–Trinajstić information content (AvgIpc) is 2.81. The highest BCUT2D eigenvalue weighted by Gasteiger charge is 2.23. The summed E-state index contributed by atoms with van der Waals surface area (Å²) in [7, 11) is 5.89. The lowest BCUT2D eigenvalue weighted by atomic mass is 10.1. The van der Waals surface area contributed by atoms with Gasteiger partial charge in [0.2, 0.25) is 0 Å². The third-order valence-electron chi connectivity index (χ3n) is 4.77. The highest BCUT2D eigenvalue weighted by atomic mass is 16.5. The summed E-state index contributed by atoms with van der Waals surface area (Å²) in [5.41, 5.74) is 1.63. The van der Waals surface area contributed by atoms with E-state index in [1.54, 1.807) is 7.11 Å². The van der Waals surface area contributed by atoms with Crippen molar-refractivity contribution in [1.29, 1.82) is 0 Å². The molecule has 1 fully saturated rings. The van der Waals surface area contributed by atoms with Crippen molar-refractivity contribution in [2.45, 2.75) is 25.3 Å². The number of likely N-dealkylation sites (tertiary alicyclic amines) is 1. The lowest BCUT2D eigenvalue weighted by Crippen LogP contribution is -2.34. The first kappa shape index (κ1) is 15.9. The molecule has 5 heteroatoms. The van der Waals surface area contributed by atoms with E-state index in [0.29, 0.717) is 11.7 Å². The quantitative estimate of drug-likeness (QED) is 0.947. The Morgan fingerprint density at radius 2 is 2.09 bits per heavy atom. The number of nitrogens with zero attached hydrogens (tertiary/aromatic N) is 2. The Morgan fingerprint density at radius 3 is 2.83 bits per heavy atom. The second kappa shape index (κ2) is 6.62. The molecule has 2 aromatic rings. The lowest BCUT2D eigenvalue weighted by Gasteiger charge is -2.23. The Labute approximate surface area is 137 Å². The molecule has 1 amide bonds. The van der Waals surface area contributed by atoms with Crippen molar-refractivity contribution in [2.75, 3.05) is 34.3 Å². The summed E-state index contributed by atoms with van der Waals surface area (Å²) in [6, 6.07) is 8.30. The number of amides is 1. The molecule has 1 aromatic carbocycles. The van der Waals surface area contributed by atoms with Gasteiger partial charge in [0.1, 0.15) is 11.4 Å². The SMILES string of the molecule is COc1ccc2[nH]c(C(=O)N3CCC[C@H](N(C)C)CC3)cc2c1. The van der Waals surface area contributed by atoms with Crippen LogP contribution >= 0.6 is 0 Å². The van der Waals surface area contributed by atoms with E-state index in [-0.39, 0.29) is 5.91 Å². The fourth-order valence-electron chi connectivity index (χ4n) is 3.32. The molecular weight excluding hydrogens is 290 g/mol. The van der Waals surface area contributed by atoms with E-state index in [4.69, 9.17) is 4.74 Å². The standard InChI is InChI=1S/C18H25N3O2/c1-20(2)14-5-4-9-21(10-8-14)18(22)17-12-13-11-15(23-3)6-7-16(13)19-17/h6-7,11-12,14,19H,4-5,8-10H2,1-3H3/t14-/m0/s1. The van der Waals surface area contributed by atoms with Crippen LogP contribution in [0.25, 0.3) is 10.9 Å². The minimum atomic E-state index is 0.0968. The number of nitrogens with one attached hydrogen (secondary N) is 1. The molecule has 1 N–H and O–H groups in total. The molecule has 0 aliphatic carbocycles. The van der Waals surface area contributed by atoms with E-state index in [1.165, 1.54) is 0 Å². The van der Waals surface area contributed by atoms with Gasteiger partial charge in [-0.15, -0.1) is 0 Å². The minimum absolute atomic E-state index is 0.0968. The molecule has 1 saturated heterocycles. The molecule has 0 radical (unpaired) electrons. The van der Waals surface area contributed by atoms with Crippen LogP contribution in [0, 0.1) is 0 Å². The van der Waals surface area contributed by atoms with Crippen LogP contribution in [-0.4, -0.2) is 61.0 Å². The number of carbonyl (C=O) groups excluding carboxylic acids is 1. The van der Waals surface area contributed by atoms with Crippen molar-refractivity contribution in [2.24, 2.45) is 0 Å². The summed E-state index contributed by atoms with van der Waals surface area (Å²) >= 11 is 0. The monoisotopic (exact) mass is 315 g/mol. The summed E-state index contributed by atoms with van der Waals surface area (Å²) < 4.78 is 5.25. The van der Waals surface area contributed by atoms with Gasteiger partial charge in [0.05, 0.1) is 7.11 Å². The van der Waals surface area contributed by atoms with Gasteiger partial charge in [0, 0.05) is 30.0 Å². The number of hydrogen-bond donors (Lipinski definition) is 1. The van der Waals surface area contributed by atoms with Crippen molar-refractivity contribution in [1.82, 2.24) is 14.8 Å².